The monoisotopic (exact) mass is 475 g/mol. The summed E-state index contributed by atoms with van der Waals surface area (Å²) >= 11 is 0. The van der Waals surface area contributed by atoms with Crippen LogP contribution in [-0.4, -0.2) is 32.3 Å². The number of methoxy groups -OCH3 is 1. The van der Waals surface area contributed by atoms with Gasteiger partial charge in [0, 0.05) is 0 Å². The number of rotatable bonds is 8. The van der Waals surface area contributed by atoms with Gasteiger partial charge in [-0.3, -0.25) is 14.4 Å². The Labute approximate surface area is 205 Å². The van der Waals surface area contributed by atoms with Gasteiger partial charge in [-0.05, 0) is 49.2 Å². The Hall–Kier alpha value is -3.84. The Kier molecular flexibility index (Phi) is 7.36. The van der Waals surface area contributed by atoms with Crippen molar-refractivity contribution in [1.82, 2.24) is 0 Å². The van der Waals surface area contributed by atoms with E-state index in [4.69, 9.17) is 19.0 Å². The van der Waals surface area contributed by atoms with Crippen molar-refractivity contribution in [2.45, 2.75) is 26.0 Å². The molecule has 0 N–H and O–H groups in total. The van der Waals surface area contributed by atoms with Crippen LogP contribution in [0.1, 0.15) is 37.1 Å². The van der Waals surface area contributed by atoms with Crippen LogP contribution in [-0.2, 0) is 23.9 Å². The second-order valence-corrected chi connectivity index (χ2v) is 8.04. The molecule has 3 aromatic rings. The Morgan fingerprint density at radius 2 is 1.34 bits per heavy atom. The van der Waals surface area contributed by atoms with Crippen molar-refractivity contribution < 1.29 is 28.6 Å². The summed E-state index contributed by atoms with van der Waals surface area (Å²) in [5.74, 6) is -0.762. The standard InChI is InChI=1S/C28H29NO6/c1-4-33-26(30)28(27(31)34-5-2)24(20-12-8-6-9-13-20)29(22-14-10-7-11-15-22)35-25(28)21-16-18-23(32-3)19-17-21/h6-19,24-25H,4-5H2,1-3H3/t24-,25-/m0/s1. The molecule has 1 heterocycles. The van der Waals surface area contributed by atoms with Crippen molar-refractivity contribution in [2.24, 2.45) is 5.41 Å². The third-order valence-corrected chi connectivity index (χ3v) is 6.07. The third kappa shape index (κ3) is 4.35. The van der Waals surface area contributed by atoms with Gasteiger partial charge in [-0.15, -0.1) is 0 Å². The molecule has 0 amide bonds. The van der Waals surface area contributed by atoms with Gasteiger partial charge in [0.1, 0.15) is 17.9 Å². The molecule has 7 nitrogen and oxygen atoms in total. The SMILES string of the molecule is CCOC(=O)C1(C(=O)OCC)[C@H](c2ccccc2)N(c2ccccc2)O[C@H]1c1ccc(OC)cc1. The molecule has 1 fully saturated rings. The smallest absolute Gasteiger partial charge is 0.329 e. The number of hydroxylamine groups is 1. The van der Waals surface area contributed by atoms with Crippen LogP contribution >= 0.6 is 0 Å². The van der Waals surface area contributed by atoms with Gasteiger partial charge in [0.2, 0.25) is 5.41 Å². The van der Waals surface area contributed by atoms with Crippen molar-refractivity contribution in [3.05, 3.63) is 96.1 Å². The van der Waals surface area contributed by atoms with Gasteiger partial charge < -0.3 is 14.2 Å². The lowest BCUT2D eigenvalue weighted by Crippen LogP contribution is -2.49. The fourth-order valence-electron chi connectivity index (χ4n) is 4.53. The number of carbonyl (C=O) groups is 2. The predicted octanol–water partition coefficient (Wildman–Crippen LogP) is 5.04. The van der Waals surface area contributed by atoms with Crippen molar-refractivity contribution in [2.75, 3.05) is 25.4 Å². The molecule has 4 rings (SSSR count). The van der Waals surface area contributed by atoms with Crippen LogP contribution in [0.15, 0.2) is 84.9 Å². The number of benzene rings is 3. The average Bonchev–Trinajstić information content (AvgIpc) is 3.27. The normalized spacial score (nSPS) is 18.7. The molecule has 7 heteroatoms. The van der Waals surface area contributed by atoms with E-state index in [0.717, 1.165) is 0 Å². The molecule has 0 unspecified atom stereocenters. The Balaban J connectivity index is 2.00. The maximum Gasteiger partial charge on any atom is 0.329 e. The zero-order chi connectivity index (χ0) is 24.8. The molecule has 1 saturated heterocycles. The average molecular weight is 476 g/mol. The van der Waals surface area contributed by atoms with E-state index in [1.54, 1.807) is 50.3 Å². The lowest BCUT2D eigenvalue weighted by Gasteiger charge is -2.34. The van der Waals surface area contributed by atoms with Crippen molar-refractivity contribution in [1.29, 1.82) is 0 Å². The Morgan fingerprint density at radius 3 is 1.86 bits per heavy atom. The predicted molar refractivity (Wildman–Crippen MR) is 131 cm³/mol. The van der Waals surface area contributed by atoms with E-state index < -0.39 is 29.5 Å². The zero-order valence-electron chi connectivity index (χ0n) is 20.0. The highest BCUT2D eigenvalue weighted by Crippen LogP contribution is 2.58. The molecule has 3 aromatic carbocycles. The summed E-state index contributed by atoms with van der Waals surface area (Å²) in [6.07, 6.45) is -1.02. The Morgan fingerprint density at radius 1 is 0.800 bits per heavy atom. The number of esters is 2. The maximum absolute atomic E-state index is 13.9. The molecule has 35 heavy (non-hydrogen) atoms. The van der Waals surface area contributed by atoms with Crippen molar-refractivity contribution >= 4 is 17.6 Å². The summed E-state index contributed by atoms with van der Waals surface area (Å²) in [7, 11) is 1.57. The summed E-state index contributed by atoms with van der Waals surface area (Å²) in [4.78, 5) is 34.3. The largest absolute Gasteiger partial charge is 0.497 e. The number of ether oxygens (including phenoxy) is 3. The molecule has 0 aliphatic carbocycles. The number of para-hydroxylation sites is 1. The summed E-state index contributed by atoms with van der Waals surface area (Å²) in [5, 5.41) is 1.62. The number of hydrogen-bond acceptors (Lipinski definition) is 7. The van der Waals surface area contributed by atoms with Gasteiger partial charge in [-0.25, -0.2) is 5.06 Å². The molecule has 1 aliphatic rings. The fraction of sp³-hybridized carbons (Fsp3) is 0.286. The van der Waals surface area contributed by atoms with E-state index in [1.807, 2.05) is 60.7 Å². The van der Waals surface area contributed by atoms with Crippen LogP contribution in [0.3, 0.4) is 0 Å². The first-order valence-corrected chi connectivity index (χ1v) is 11.6. The lowest BCUT2D eigenvalue weighted by molar-refractivity contribution is -0.177. The van der Waals surface area contributed by atoms with Gasteiger partial charge in [-0.1, -0.05) is 60.7 Å². The highest BCUT2D eigenvalue weighted by Gasteiger charge is 2.69. The molecule has 0 saturated carbocycles. The molecule has 182 valence electrons. The molecule has 0 radical (unpaired) electrons. The first-order chi connectivity index (χ1) is 17.1. The molecule has 1 aliphatic heterocycles. The number of nitrogens with zero attached hydrogens (tertiary/aromatic N) is 1. The minimum absolute atomic E-state index is 0.0994. The zero-order valence-corrected chi connectivity index (χ0v) is 20.0. The molecule has 0 spiro atoms. The van der Waals surface area contributed by atoms with Gasteiger partial charge in [0.25, 0.3) is 0 Å². The minimum atomic E-state index is -1.84. The van der Waals surface area contributed by atoms with Gasteiger partial charge >= 0.3 is 11.9 Å². The highest BCUT2D eigenvalue weighted by molar-refractivity contribution is 6.03. The third-order valence-electron chi connectivity index (χ3n) is 6.07. The van der Waals surface area contributed by atoms with Crippen LogP contribution in [0.25, 0.3) is 0 Å². The summed E-state index contributed by atoms with van der Waals surface area (Å²) in [6.45, 7) is 3.62. The minimum Gasteiger partial charge on any atom is -0.497 e. The van der Waals surface area contributed by atoms with Crippen LogP contribution < -0.4 is 9.80 Å². The molecular weight excluding hydrogens is 446 g/mol. The van der Waals surface area contributed by atoms with Crippen LogP contribution in [0.2, 0.25) is 0 Å². The molecular formula is C28H29NO6. The highest BCUT2D eigenvalue weighted by atomic mass is 16.7. The van der Waals surface area contributed by atoms with E-state index in [9.17, 15) is 9.59 Å². The first kappa shape index (κ1) is 24.3. The molecule has 0 aromatic heterocycles. The van der Waals surface area contributed by atoms with Crippen molar-refractivity contribution in [3.63, 3.8) is 0 Å². The van der Waals surface area contributed by atoms with Gasteiger partial charge in [0.15, 0.2) is 0 Å². The van der Waals surface area contributed by atoms with Gasteiger partial charge in [0.05, 0.1) is 26.0 Å². The van der Waals surface area contributed by atoms with Crippen LogP contribution in [0, 0.1) is 5.41 Å². The van der Waals surface area contributed by atoms with E-state index in [1.165, 1.54) is 0 Å². The van der Waals surface area contributed by atoms with Crippen molar-refractivity contribution in [3.8, 4) is 5.75 Å². The second-order valence-electron chi connectivity index (χ2n) is 8.04. The molecule has 2 atom stereocenters. The topological polar surface area (TPSA) is 74.3 Å². The van der Waals surface area contributed by atoms with Gasteiger partial charge in [-0.2, -0.15) is 0 Å². The summed E-state index contributed by atoms with van der Waals surface area (Å²) < 4.78 is 16.4. The number of anilines is 1. The van der Waals surface area contributed by atoms with E-state index in [0.29, 0.717) is 22.6 Å². The van der Waals surface area contributed by atoms with Crippen LogP contribution in [0.5, 0.6) is 5.75 Å². The number of carbonyl (C=O) groups excluding carboxylic acids is 2. The van der Waals surface area contributed by atoms with E-state index in [-0.39, 0.29) is 13.2 Å². The van der Waals surface area contributed by atoms with Crippen LogP contribution in [0.4, 0.5) is 5.69 Å². The summed E-state index contributed by atoms with van der Waals surface area (Å²) in [6, 6.07) is 25.0. The first-order valence-electron chi connectivity index (χ1n) is 11.6. The number of hydrogen-bond donors (Lipinski definition) is 0. The van der Waals surface area contributed by atoms with E-state index in [2.05, 4.69) is 0 Å². The quantitative estimate of drug-likeness (QED) is 0.334. The van der Waals surface area contributed by atoms with E-state index >= 15 is 0 Å². The summed E-state index contributed by atoms with van der Waals surface area (Å²) in [5.41, 5.74) is 0.188. The fourth-order valence-corrected chi connectivity index (χ4v) is 4.53. The maximum atomic E-state index is 13.9. The lowest BCUT2D eigenvalue weighted by atomic mass is 9.71. The molecule has 0 bridgehead atoms. The Bertz CT molecular complexity index is 1120. The second kappa shape index (κ2) is 10.6.